The van der Waals surface area contributed by atoms with Crippen LogP contribution in [-0.2, 0) is 11.2 Å². The van der Waals surface area contributed by atoms with E-state index in [4.69, 9.17) is 4.74 Å². The number of urea groups is 1. The number of rotatable bonds is 4. The monoisotopic (exact) mass is 407 g/mol. The Bertz CT molecular complexity index is 840. The summed E-state index contributed by atoms with van der Waals surface area (Å²) in [5.74, 6) is 0.647. The summed E-state index contributed by atoms with van der Waals surface area (Å²) in [5, 5.41) is 2.96. The number of piperidine rings is 1. The molecule has 0 bridgehead atoms. The Morgan fingerprint density at radius 3 is 2.20 bits per heavy atom. The zero-order valence-electron chi connectivity index (χ0n) is 17.3. The maximum Gasteiger partial charge on any atom is 0.321 e. The number of anilines is 1. The molecule has 6 nitrogen and oxygen atoms in total. The minimum absolute atomic E-state index is 0.0226. The van der Waals surface area contributed by atoms with Gasteiger partial charge in [0.15, 0.2) is 0 Å². The van der Waals surface area contributed by atoms with Gasteiger partial charge in [0.2, 0.25) is 0 Å². The fraction of sp³-hybridized carbons (Fsp3) is 0.417. The van der Waals surface area contributed by atoms with Crippen LogP contribution < -0.4 is 5.32 Å². The lowest BCUT2D eigenvalue weighted by Crippen LogP contribution is -2.41. The predicted octanol–water partition coefficient (Wildman–Crippen LogP) is 3.65. The molecule has 2 heterocycles. The molecule has 30 heavy (non-hydrogen) atoms. The molecule has 2 aliphatic rings. The third-order valence-corrected chi connectivity index (χ3v) is 5.95. The Balaban J connectivity index is 1.24. The van der Waals surface area contributed by atoms with E-state index < -0.39 is 0 Å². The summed E-state index contributed by atoms with van der Waals surface area (Å²) in [6.07, 6.45) is 2.98. The molecule has 6 heteroatoms. The van der Waals surface area contributed by atoms with Crippen molar-refractivity contribution >= 4 is 17.6 Å². The molecule has 4 rings (SSSR count). The van der Waals surface area contributed by atoms with E-state index in [1.165, 1.54) is 5.56 Å². The zero-order valence-corrected chi connectivity index (χ0v) is 17.3. The van der Waals surface area contributed by atoms with Gasteiger partial charge in [0.25, 0.3) is 5.91 Å². The molecule has 0 aliphatic carbocycles. The van der Waals surface area contributed by atoms with Crippen LogP contribution in [0, 0.1) is 5.92 Å². The van der Waals surface area contributed by atoms with Crippen molar-refractivity contribution in [3.05, 3.63) is 65.7 Å². The number of para-hydroxylation sites is 1. The number of carbonyl (C=O) groups is 2. The van der Waals surface area contributed by atoms with Crippen LogP contribution in [0.15, 0.2) is 54.6 Å². The molecule has 2 saturated heterocycles. The van der Waals surface area contributed by atoms with E-state index in [1.54, 1.807) is 0 Å². The Labute approximate surface area is 177 Å². The summed E-state index contributed by atoms with van der Waals surface area (Å²) < 4.78 is 5.32. The second-order valence-corrected chi connectivity index (χ2v) is 8.03. The number of morpholine rings is 1. The number of ether oxygens (including phenoxy) is 1. The van der Waals surface area contributed by atoms with Gasteiger partial charge >= 0.3 is 6.03 Å². The lowest BCUT2D eigenvalue weighted by atomic mass is 9.90. The van der Waals surface area contributed by atoms with Crippen molar-refractivity contribution in [3.63, 3.8) is 0 Å². The first kappa shape index (κ1) is 20.4. The maximum atomic E-state index is 12.6. The van der Waals surface area contributed by atoms with Crippen LogP contribution in [0.2, 0.25) is 0 Å². The number of benzene rings is 2. The SMILES string of the molecule is O=C(Nc1ccccc1)N1CCC(Cc2ccc(C(=O)N3CCOCC3)cc2)CC1. The van der Waals surface area contributed by atoms with E-state index in [-0.39, 0.29) is 11.9 Å². The van der Waals surface area contributed by atoms with Crippen molar-refractivity contribution in [2.75, 3.05) is 44.7 Å². The van der Waals surface area contributed by atoms with Gasteiger partial charge in [-0.25, -0.2) is 4.79 Å². The number of nitrogens with one attached hydrogen (secondary N) is 1. The van der Waals surface area contributed by atoms with Crippen molar-refractivity contribution in [1.82, 2.24) is 9.80 Å². The van der Waals surface area contributed by atoms with Crippen molar-refractivity contribution in [1.29, 1.82) is 0 Å². The lowest BCUT2D eigenvalue weighted by molar-refractivity contribution is 0.0303. The van der Waals surface area contributed by atoms with E-state index >= 15 is 0 Å². The van der Waals surface area contributed by atoms with Crippen LogP contribution in [0.25, 0.3) is 0 Å². The van der Waals surface area contributed by atoms with Crippen molar-refractivity contribution in [2.45, 2.75) is 19.3 Å². The van der Waals surface area contributed by atoms with Crippen LogP contribution in [0.5, 0.6) is 0 Å². The largest absolute Gasteiger partial charge is 0.378 e. The summed E-state index contributed by atoms with van der Waals surface area (Å²) >= 11 is 0. The highest BCUT2D eigenvalue weighted by atomic mass is 16.5. The van der Waals surface area contributed by atoms with Gasteiger partial charge in [0.05, 0.1) is 13.2 Å². The summed E-state index contributed by atoms with van der Waals surface area (Å²) in [6.45, 7) is 4.11. The van der Waals surface area contributed by atoms with Gasteiger partial charge in [0, 0.05) is 37.4 Å². The maximum absolute atomic E-state index is 12.6. The Morgan fingerprint density at radius 2 is 1.53 bits per heavy atom. The van der Waals surface area contributed by atoms with Gasteiger partial charge in [-0.05, 0) is 55.0 Å². The molecule has 0 spiro atoms. The fourth-order valence-electron chi connectivity index (χ4n) is 4.13. The van der Waals surface area contributed by atoms with Crippen LogP contribution in [0.3, 0.4) is 0 Å². The first-order valence-corrected chi connectivity index (χ1v) is 10.8. The molecule has 2 fully saturated rings. The molecule has 2 aliphatic heterocycles. The normalized spacial score (nSPS) is 17.6. The van der Waals surface area contributed by atoms with Gasteiger partial charge in [0.1, 0.15) is 0 Å². The van der Waals surface area contributed by atoms with E-state index in [9.17, 15) is 9.59 Å². The third-order valence-electron chi connectivity index (χ3n) is 5.95. The van der Waals surface area contributed by atoms with Gasteiger partial charge in [-0.2, -0.15) is 0 Å². The van der Waals surface area contributed by atoms with Gasteiger partial charge in [-0.15, -0.1) is 0 Å². The summed E-state index contributed by atoms with van der Waals surface area (Å²) in [6, 6.07) is 17.6. The highest BCUT2D eigenvalue weighted by Gasteiger charge is 2.23. The molecule has 0 unspecified atom stereocenters. The number of hydrogen-bond donors (Lipinski definition) is 1. The number of amides is 3. The van der Waals surface area contributed by atoms with Gasteiger partial charge < -0.3 is 19.9 Å². The lowest BCUT2D eigenvalue weighted by Gasteiger charge is -2.32. The summed E-state index contributed by atoms with van der Waals surface area (Å²) in [4.78, 5) is 28.7. The van der Waals surface area contributed by atoms with Crippen molar-refractivity contribution < 1.29 is 14.3 Å². The first-order chi connectivity index (χ1) is 14.7. The average molecular weight is 408 g/mol. The van der Waals surface area contributed by atoms with E-state index in [0.29, 0.717) is 32.2 Å². The Kier molecular flexibility index (Phi) is 6.64. The second-order valence-electron chi connectivity index (χ2n) is 8.03. The number of hydrogen-bond acceptors (Lipinski definition) is 3. The molecule has 0 radical (unpaired) electrons. The number of nitrogens with zero attached hydrogens (tertiary/aromatic N) is 2. The van der Waals surface area contributed by atoms with Crippen LogP contribution in [0.1, 0.15) is 28.8 Å². The average Bonchev–Trinajstić information content (AvgIpc) is 2.81. The van der Waals surface area contributed by atoms with Gasteiger partial charge in [-0.3, -0.25) is 4.79 Å². The van der Waals surface area contributed by atoms with E-state index in [1.807, 2.05) is 52.3 Å². The highest BCUT2D eigenvalue weighted by molar-refractivity contribution is 5.94. The molecule has 2 aromatic carbocycles. The Morgan fingerprint density at radius 1 is 0.867 bits per heavy atom. The van der Waals surface area contributed by atoms with Crippen LogP contribution in [-0.4, -0.2) is 61.1 Å². The Hall–Kier alpha value is -2.86. The van der Waals surface area contributed by atoms with Crippen molar-refractivity contribution in [3.8, 4) is 0 Å². The van der Waals surface area contributed by atoms with Crippen LogP contribution >= 0.6 is 0 Å². The molecular weight excluding hydrogens is 378 g/mol. The molecule has 2 aromatic rings. The third kappa shape index (κ3) is 5.19. The number of likely N-dealkylation sites (tertiary alicyclic amines) is 1. The molecule has 0 saturated carbocycles. The zero-order chi connectivity index (χ0) is 20.8. The highest BCUT2D eigenvalue weighted by Crippen LogP contribution is 2.23. The van der Waals surface area contributed by atoms with E-state index in [0.717, 1.165) is 43.6 Å². The summed E-state index contributed by atoms with van der Waals surface area (Å²) in [7, 11) is 0. The number of carbonyl (C=O) groups excluding carboxylic acids is 2. The standard InChI is InChI=1S/C24H29N3O3/c28-23(26-14-16-30-17-15-26)21-8-6-19(7-9-21)18-20-10-12-27(13-11-20)24(29)25-22-4-2-1-3-5-22/h1-9,20H,10-18H2,(H,25,29). The summed E-state index contributed by atoms with van der Waals surface area (Å²) in [5.41, 5.74) is 2.82. The van der Waals surface area contributed by atoms with Crippen molar-refractivity contribution in [2.24, 2.45) is 5.92 Å². The molecule has 0 aromatic heterocycles. The molecule has 1 N–H and O–H groups in total. The quantitative estimate of drug-likeness (QED) is 0.842. The minimum atomic E-state index is -0.0226. The van der Waals surface area contributed by atoms with E-state index in [2.05, 4.69) is 17.4 Å². The molecule has 158 valence electrons. The molecule has 0 atom stereocenters. The van der Waals surface area contributed by atoms with Crippen LogP contribution in [0.4, 0.5) is 10.5 Å². The minimum Gasteiger partial charge on any atom is -0.378 e. The predicted molar refractivity (Wildman–Crippen MR) is 117 cm³/mol. The first-order valence-electron chi connectivity index (χ1n) is 10.8. The molecular formula is C24H29N3O3. The molecule has 3 amide bonds. The van der Waals surface area contributed by atoms with Gasteiger partial charge in [-0.1, -0.05) is 30.3 Å². The second kappa shape index (κ2) is 9.76. The topological polar surface area (TPSA) is 61.9 Å². The smallest absolute Gasteiger partial charge is 0.321 e. The fourth-order valence-corrected chi connectivity index (χ4v) is 4.13.